The van der Waals surface area contributed by atoms with Crippen molar-refractivity contribution in [3.05, 3.63) is 93.8 Å². The predicted octanol–water partition coefficient (Wildman–Crippen LogP) is 7.15. The van der Waals surface area contributed by atoms with Crippen molar-refractivity contribution in [2.24, 2.45) is 10.8 Å². The van der Waals surface area contributed by atoms with Crippen LogP contribution in [-0.2, 0) is 43.1 Å². The number of amides is 1. The van der Waals surface area contributed by atoms with Gasteiger partial charge in [0.05, 0.1) is 24.7 Å². The van der Waals surface area contributed by atoms with Crippen LogP contribution in [0.5, 0.6) is 5.75 Å². The van der Waals surface area contributed by atoms with E-state index in [9.17, 15) is 37.1 Å². The van der Waals surface area contributed by atoms with E-state index in [0.29, 0.717) is 17.5 Å². The molecule has 1 heterocycles. The summed E-state index contributed by atoms with van der Waals surface area (Å²) in [4.78, 5) is 67.0. The number of esters is 2. The highest BCUT2D eigenvalue weighted by molar-refractivity contribution is 6.07. The molecule has 0 saturated heterocycles. The van der Waals surface area contributed by atoms with E-state index in [0.717, 1.165) is 22.4 Å². The number of hydrogen-bond donors (Lipinski definition) is 1. The molecule has 0 spiro atoms. The van der Waals surface area contributed by atoms with Crippen molar-refractivity contribution in [1.29, 1.82) is 0 Å². The van der Waals surface area contributed by atoms with Gasteiger partial charge in [-0.2, -0.15) is 13.2 Å². The number of ether oxygens (including phenoxy) is 4. The van der Waals surface area contributed by atoms with E-state index in [1.807, 2.05) is 0 Å². The monoisotopic (exact) mass is 768 g/mol. The van der Waals surface area contributed by atoms with Crippen molar-refractivity contribution in [2.45, 2.75) is 79.3 Å². The van der Waals surface area contributed by atoms with Crippen LogP contribution >= 0.6 is 0 Å². The summed E-state index contributed by atoms with van der Waals surface area (Å²) in [6.07, 6.45) is -6.54. The number of rotatable bonds is 13. The number of carbonyl (C=O) groups is 4. The zero-order valence-corrected chi connectivity index (χ0v) is 31.5. The maximum atomic E-state index is 14.1. The molecule has 4 aromatic rings. The van der Waals surface area contributed by atoms with Crippen LogP contribution in [0.1, 0.15) is 75.9 Å². The van der Waals surface area contributed by atoms with Crippen LogP contribution in [-0.4, -0.2) is 58.1 Å². The maximum absolute atomic E-state index is 14.1. The molecule has 1 amide bonds. The molecule has 0 aliphatic carbocycles. The lowest BCUT2D eigenvalue weighted by Crippen LogP contribution is -2.48. The molecular weight excluding hydrogens is 725 g/mol. The summed E-state index contributed by atoms with van der Waals surface area (Å²) in [6.45, 7) is 9.67. The number of nitrogens with zero attached hydrogens (tertiary/aromatic N) is 3. The van der Waals surface area contributed by atoms with Gasteiger partial charge in [0.15, 0.2) is 11.2 Å². The summed E-state index contributed by atoms with van der Waals surface area (Å²) < 4.78 is 62.5. The normalized spacial score (nSPS) is 13.1. The molecule has 0 bridgehead atoms. The van der Waals surface area contributed by atoms with Gasteiger partial charge >= 0.3 is 24.2 Å². The zero-order chi connectivity index (χ0) is 40.8. The number of ketones is 1. The lowest BCUT2D eigenvalue weighted by Gasteiger charge is -2.33. The Hall–Kier alpha value is -5.80. The molecule has 1 unspecified atom stereocenters. The van der Waals surface area contributed by atoms with Crippen LogP contribution in [0.2, 0.25) is 0 Å². The highest BCUT2D eigenvalue weighted by atomic mass is 19.4. The fourth-order valence-corrected chi connectivity index (χ4v) is 5.20. The second-order valence-electron chi connectivity index (χ2n) is 15.0. The number of Topliss-reactive ketones (excluding diaryl/α,β-unsaturated/α-hetero) is 1. The molecule has 13 nitrogen and oxygen atoms in total. The van der Waals surface area contributed by atoms with Crippen LogP contribution in [0.25, 0.3) is 10.9 Å². The number of hydrogen-bond acceptors (Lipinski definition) is 11. The highest BCUT2D eigenvalue weighted by Gasteiger charge is 2.52. The molecule has 0 radical (unpaired) electrons. The predicted molar refractivity (Wildman–Crippen MR) is 194 cm³/mol. The molecule has 4 rings (SSSR count). The number of anilines is 1. The van der Waals surface area contributed by atoms with Gasteiger partial charge in [0.2, 0.25) is 0 Å². The van der Waals surface area contributed by atoms with Crippen molar-refractivity contribution in [1.82, 2.24) is 15.0 Å². The Morgan fingerprint density at radius 2 is 1.56 bits per heavy atom. The summed E-state index contributed by atoms with van der Waals surface area (Å²) in [5, 5.41) is 9.96. The minimum Gasteiger partial charge on any atom is -0.489 e. The Bertz CT molecular complexity index is 2100. The molecule has 0 saturated carbocycles. The molecule has 294 valence electrons. The van der Waals surface area contributed by atoms with Crippen LogP contribution in [0.4, 0.5) is 23.7 Å². The minimum atomic E-state index is -4.68. The largest absolute Gasteiger partial charge is 0.489 e. The molecule has 3 aromatic carbocycles. The Balaban J connectivity index is 1.64. The fraction of sp³-hybridized carbons (Fsp3) is 0.410. The average molecular weight is 769 g/mol. The van der Waals surface area contributed by atoms with Gasteiger partial charge in [0.25, 0.3) is 5.56 Å². The molecule has 0 fully saturated rings. The van der Waals surface area contributed by atoms with E-state index in [1.165, 1.54) is 31.4 Å². The van der Waals surface area contributed by atoms with Crippen LogP contribution < -0.4 is 15.6 Å². The quantitative estimate of drug-likeness (QED) is 0.0636. The number of alkyl halides is 3. The molecule has 0 aliphatic heterocycles. The Morgan fingerprint density at radius 3 is 2.18 bits per heavy atom. The first-order chi connectivity index (χ1) is 25.6. The molecule has 1 aromatic heterocycles. The number of aromatic nitrogens is 3. The standard InChI is InChI=1S/C39H43F3N4O9/c1-36(2,3)23-54-33(49)38(34(50)55-37(4,5)6,17-18-46-32(48)29-16-13-26(39(40,41)42)20-30(29)44-45-46)21-31(47)25-11-14-28(15-12-25)53-22-24-9-8-10-27(19-24)43-35(51)52-7/h8-16,19-20H,17-18,21-23H2,1-7H3,(H,43,51). The summed E-state index contributed by atoms with van der Waals surface area (Å²) in [5.41, 5.74) is -4.73. The van der Waals surface area contributed by atoms with Crippen LogP contribution in [0.15, 0.2) is 71.5 Å². The van der Waals surface area contributed by atoms with E-state index < -0.39 is 76.9 Å². The van der Waals surface area contributed by atoms with Crippen LogP contribution in [0, 0.1) is 10.8 Å². The van der Waals surface area contributed by atoms with E-state index in [1.54, 1.807) is 65.8 Å². The van der Waals surface area contributed by atoms with Gasteiger partial charge in [-0.25, -0.2) is 9.48 Å². The van der Waals surface area contributed by atoms with Crippen molar-refractivity contribution < 1.29 is 51.3 Å². The lowest BCUT2D eigenvalue weighted by atomic mass is 9.78. The molecule has 0 aliphatic rings. The number of nitrogens with one attached hydrogen (secondary N) is 1. The van der Waals surface area contributed by atoms with Gasteiger partial charge in [-0.1, -0.05) is 38.1 Å². The van der Waals surface area contributed by atoms with E-state index in [-0.39, 0.29) is 29.7 Å². The van der Waals surface area contributed by atoms with Gasteiger partial charge in [0, 0.05) is 24.2 Å². The maximum Gasteiger partial charge on any atom is 0.416 e. The second kappa shape index (κ2) is 16.7. The third-order valence-corrected chi connectivity index (χ3v) is 8.02. The summed E-state index contributed by atoms with van der Waals surface area (Å²) in [7, 11) is 1.25. The Morgan fingerprint density at radius 1 is 0.873 bits per heavy atom. The average Bonchev–Trinajstić information content (AvgIpc) is 3.10. The minimum absolute atomic E-state index is 0.117. The smallest absolute Gasteiger partial charge is 0.416 e. The summed E-state index contributed by atoms with van der Waals surface area (Å²) in [5.74, 6) is -2.39. The molecule has 1 atom stereocenters. The van der Waals surface area contributed by atoms with Gasteiger partial charge < -0.3 is 18.9 Å². The number of benzene rings is 3. The van der Waals surface area contributed by atoms with E-state index in [4.69, 9.17) is 14.2 Å². The van der Waals surface area contributed by atoms with Gasteiger partial charge in [-0.15, -0.1) is 5.10 Å². The SMILES string of the molecule is COC(=O)Nc1cccc(COc2ccc(C(=O)CC(CCn3nnc4cc(C(F)(F)F)ccc4c3=O)(C(=O)OCC(C)(C)C)C(=O)OC(C)(C)C)cc2)c1. The number of methoxy groups -OCH3 is 1. The fourth-order valence-electron chi connectivity index (χ4n) is 5.20. The molecule has 1 N–H and O–H groups in total. The van der Waals surface area contributed by atoms with Crippen molar-refractivity contribution in [3.8, 4) is 5.75 Å². The molecular formula is C39H43F3N4O9. The van der Waals surface area contributed by atoms with E-state index >= 15 is 0 Å². The first-order valence-corrected chi connectivity index (χ1v) is 17.2. The molecule has 55 heavy (non-hydrogen) atoms. The number of carbonyl (C=O) groups excluding carboxylic acids is 4. The van der Waals surface area contributed by atoms with Gasteiger partial charge in [-0.3, -0.25) is 24.5 Å². The first-order valence-electron chi connectivity index (χ1n) is 17.2. The van der Waals surface area contributed by atoms with E-state index in [2.05, 4.69) is 20.4 Å². The van der Waals surface area contributed by atoms with Gasteiger partial charge in [0.1, 0.15) is 23.5 Å². The second-order valence-corrected chi connectivity index (χ2v) is 15.0. The summed E-state index contributed by atoms with van der Waals surface area (Å²) >= 11 is 0. The van der Waals surface area contributed by atoms with Crippen molar-refractivity contribution in [3.63, 3.8) is 0 Å². The third kappa shape index (κ3) is 11.4. The highest BCUT2D eigenvalue weighted by Crippen LogP contribution is 2.36. The third-order valence-electron chi connectivity index (χ3n) is 8.02. The topological polar surface area (TPSA) is 165 Å². The van der Waals surface area contributed by atoms with Crippen molar-refractivity contribution in [2.75, 3.05) is 19.0 Å². The van der Waals surface area contributed by atoms with Crippen LogP contribution in [0.3, 0.4) is 0 Å². The van der Waals surface area contributed by atoms with Gasteiger partial charge in [-0.05, 0) is 92.8 Å². The molecule has 16 heteroatoms. The number of halogens is 3. The van der Waals surface area contributed by atoms with Crippen molar-refractivity contribution >= 4 is 40.4 Å². The first kappa shape index (κ1) is 41.9. The zero-order valence-electron chi connectivity index (χ0n) is 31.5. The Labute approximate surface area is 315 Å². The Kier molecular flexibility index (Phi) is 12.7. The number of fused-ring (bicyclic) bond motifs is 1. The summed E-state index contributed by atoms with van der Waals surface area (Å²) in [6, 6.07) is 15.3. The lowest BCUT2D eigenvalue weighted by molar-refractivity contribution is -0.182. The number of aryl methyl sites for hydroxylation is 1.